The Hall–Kier alpha value is -1.62. The number of rotatable bonds is 2. The van der Waals surface area contributed by atoms with Crippen molar-refractivity contribution >= 4 is 41.0 Å². The van der Waals surface area contributed by atoms with Gasteiger partial charge in [-0.05, 0) is 17.7 Å². The maximum absolute atomic E-state index is 10.9. The van der Waals surface area contributed by atoms with E-state index in [1.54, 1.807) is 16.8 Å². The van der Waals surface area contributed by atoms with Crippen LogP contribution in [0.1, 0.15) is 10.5 Å². The van der Waals surface area contributed by atoms with E-state index in [2.05, 4.69) is 5.10 Å². The molecule has 1 N–H and O–H groups in total. The van der Waals surface area contributed by atoms with Crippen molar-refractivity contribution in [2.75, 3.05) is 0 Å². The van der Waals surface area contributed by atoms with Gasteiger partial charge in [-0.1, -0.05) is 36.4 Å². The fraction of sp³-hybridized carbons (Fsp3) is 0. The zero-order chi connectivity index (χ0) is 12.5. The minimum absolute atomic E-state index is 0. The first-order chi connectivity index (χ1) is 8.75. The van der Waals surface area contributed by atoms with Crippen LogP contribution < -0.4 is 0 Å². The van der Waals surface area contributed by atoms with Gasteiger partial charge in [-0.3, -0.25) is 0 Å². The number of fused-ring (bicyclic) bond motifs is 1. The van der Waals surface area contributed by atoms with Crippen LogP contribution in [-0.2, 0) is 0 Å². The Bertz CT molecular complexity index is 723. The quantitative estimate of drug-likeness (QED) is 0.719. The summed E-state index contributed by atoms with van der Waals surface area (Å²) in [5.74, 6) is -1.02. The molecule has 19 heavy (non-hydrogen) atoms. The standard InChI is InChI=1S/C14H10N2O2.Na.H/c17-14(18)12-9-13-11(7-4-8-16(13)15-12)10-5-2-1-3-6-10;;/h1-9H,(H,17,18);;. The summed E-state index contributed by atoms with van der Waals surface area (Å²) in [7, 11) is 0. The number of carboxylic acid groups (broad SMARTS) is 1. The van der Waals surface area contributed by atoms with Gasteiger partial charge in [0, 0.05) is 11.8 Å². The monoisotopic (exact) mass is 262 g/mol. The third kappa shape index (κ3) is 2.56. The first-order valence-electron chi connectivity index (χ1n) is 5.53. The number of nitrogens with zero attached hydrogens (tertiary/aromatic N) is 2. The summed E-state index contributed by atoms with van der Waals surface area (Å²) >= 11 is 0. The summed E-state index contributed by atoms with van der Waals surface area (Å²) in [6.45, 7) is 0. The van der Waals surface area contributed by atoms with Gasteiger partial charge in [0.1, 0.15) is 0 Å². The molecule has 0 saturated heterocycles. The Labute approximate surface area is 132 Å². The van der Waals surface area contributed by atoms with Crippen LogP contribution in [0.3, 0.4) is 0 Å². The predicted octanol–water partition coefficient (Wildman–Crippen LogP) is 2.05. The van der Waals surface area contributed by atoms with E-state index in [1.165, 1.54) is 0 Å². The second kappa shape index (κ2) is 5.57. The molecule has 0 radical (unpaired) electrons. The summed E-state index contributed by atoms with van der Waals surface area (Å²) in [6.07, 6.45) is 1.74. The molecule has 0 atom stereocenters. The molecule has 0 spiro atoms. The molecular weight excluding hydrogens is 251 g/mol. The molecule has 2 heterocycles. The summed E-state index contributed by atoms with van der Waals surface area (Å²) in [4.78, 5) is 10.9. The van der Waals surface area contributed by atoms with Crippen molar-refractivity contribution in [3.8, 4) is 11.1 Å². The van der Waals surface area contributed by atoms with Gasteiger partial charge in [0.05, 0.1) is 5.52 Å². The number of benzene rings is 1. The molecule has 2 aromatic heterocycles. The van der Waals surface area contributed by atoms with Crippen molar-refractivity contribution in [3.05, 3.63) is 60.4 Å². The molecule has 3 aromatic rings. The molecule has 1 aromatic carbocycles. The number of aromatic nitrogens is 2. The van der Waals surface area contributed by atoms with Crippen LogP contribution in [0.2, 0.25) is 0 Å². The van der Waals surface area contributed by atoms with Crippen LogP contribution in [-0.4, -0.2) is 50.2 Å². The van der Waals surface area contributed by atoms with Crippen molar-refractivity contribution in [1.29, 1.82) is 0 Å². The average Bonchev–Trinajstić information content (AvgIpc) is 2.83. The van der Waals surface area contributed by atoms with E-state index in [1.807, 2.05) is 42.5 Å². The van der Waals surface area contributed by atoms with Gasteiger partial charge in [-0.2, -0.15) is 5.10 Å². The van der Waals surface area contributed by atoms with Gasteiger partial charge >= 0.3 is 35.5 Å². The average molecular weight is 262 g/mol. The van der Waals surface area contributed by atoms with E-state index in [0.717, 1.165) is 16.6 Å². The maximum atomic E-state index is 10.9. The second-order valence-electron chi connectivity index (χ2n) is 3.95. The molecular formula is C14H11N2NaO2. The third-order valence-electron chi connectivity index (χ3n) is 2.81. The second-order valence-corrected chi connectivity index (χ2v) is 3.95. The van der Waals surface area contributed by atoms with Crippen LogP contribution in [0.15, 0.2) is 54.7 Å². The molecule has 0 bridgehead atoms. The predicted molar refractivity (Wildman–Crippen MR) is 74.7 cm³/mol. The van der Waals surface area contributed by atoms with Gasteiger partial charge in [-0.15, -0.1) is 0 Å². The molecule has 3 rings (SSSR count). The Balaban J connectivity index is 0.00000133. The van der Waals surface area contributed by atoms with Crippen molar-refractivity contribution in [1.82, 2.24) is 9.61 Å². The Morgan fingerprint density at radius 2 is 1.84 bits per heavy atom. The van der Waals surface area contributed by atoms with Crippen LogP contribution in [0, 0.1) is 0 Å². The Kier molecular flexibility index (Phi) is 4.04. The van der Waals surface area contributed by atoms with E-state index in [9.17, 15) is 4.79 Å². The SMILES string of the molecule is O=C(O)c1cc2c(-c3ccccc3)cccn2n1.[NaH]. The molecule has 0 fully saturated rings. The molecule has 5 heteroatoms. The summed E-state index contributed by atoms with van der Waals surface area (Å²) in [5.41, 5.74) is 2.86. The first-order valence-corrected chi connectivity index (χ1v) is 5.53. The fourth-order valence-electron chi connectivity index (χ4n) is 1.98. The van der Waals surface area contributed by atoms with Crippen molar-refractivity contribution in [2.24, 2.45) is 0 Å². The number of aromatic carboxylic acids is 1. The minimum atomic E-state index is -1.02. The van der Waals surface area contributed by atoms with E-state index in [0.29, 0.717) is 0 Å². The third-order valence-corrected chi connectivity index (χ3v) is 2.81. The van der Waals surface area contributed by atoms with E-state index < -0.39 is 5.97 Å². The first kappa shape index (κ1) is 13.8. The number of hydrogen-bond donors (Lipinski definition) is 1. The molecule has 0 amide bonds. The molecule has 0 saturated carbocycles. The molecule has 0 unspecified atom stereocenters. The summed E-state index contributed by atoms with van der Waals surface area (Å²) in [5, 5.41) is 13.0. The van der Waals surface area contributed by atoms with Crippen molar-refractivity contribution in [3.63, 3.8) is 0 Å². The molecule has 90 valence electrons. The van der Waals surface area contributed by atoms with Crippen molar-refractivity contribution < 1.29 is 9.90 Å². The number of carboxylic acids is 1. The summed E-state index contributed by atoms with van der Waals surface area (Å²) < 4.78 is 1.59. The zero-order valence-electron chi connectivity index (χ0n) is 9.45. The zero-order valence-corrected chi connectivity index (χ0v) is 9.45. The Morgan fingerprint density at radius 3 is 2.53 bits per heavy atom. The van der Waals surface area contributed by atoms with Crippen LogP contribution in [0.4, 0.5) is 0 Å². The number of pyridine rings is 1. The topological polar surface area (TPSA) is 54.6 Å². The Morgan fingerprint density at radius 1 is 1.11 bits per heavy atom. The van der Waals surface area contributed by atoms with Gasteiger partial charge < -0.3 is 5.11 Å². The normalized spacial score (nSPS) is 10.1. The molecule has 0 aliphatic rings. The van der Waals surface area contributed by atoms with Gasteiger partial charge in [0.15, 0.2) is 5.69 Å². The van der Waals surface area contributed by atoms with Crippen LogP contribution in [0.5, 0.6) is 0 Å². The molecule has 4 nitrogen and oxygen atoms in total. The van der Waals surface area contributed by atoms with Gasteiger partial charge in [0.2, 0.25) is 0 Å². The van der Waals surface area contributed by atoms with Crippen LogP contribution >= 0.6 is 0 Å². The number of carbonyl (C=O) groups is 1. The van der Waals surface area contributed by atoms with Gasteiger partial charge in [0.25, 0.3) is 0 Å². The fourth-order valence-corrected chi connectivity index (χ4v) is 1.98. The van der Waals surface area contributed by atoms with Crippen molar-refractivity contribution in [2.45, 2.75) is 0 Å². The van der Waals surface area contributed by atoms with Crippen LogP contribution in [0.25, 0.3) is 16.6 Å². The van der Waals surface area contributed by atoms with Gasteiger partial charge in [-0.25, -0.2) is 9.31 Å². The summed E-state index contributed by atoms with van der Waals surface area (Å²) in [6, 6.07) is 15.2. The van der Waals surface area contributed by atoms with E-state index in [4.69, 9.17) is 5.11 Å². The molecule has 0 aliphatic heterocycles. The number of hydrogen-bond acceptors (Lipinski definition) is 2. The molecule has 0 aliphatic carbocycles. The van der Waals surface area contributed by atoms with E-state index >= 15 is 0 Å². The van der Waals surface area contributed by atoms with E-state index in [-0.39, 0.29) is 35.3 Å².